The fourth-order valence-corrected chi connectivity index (χ4v) is 5.36. The fourth-order valence-electron chi connectivity index (χ4n) is 4.99. The van der Waals surface area contributed by atoms with E-state index in [0.717, 1.165) is 12.0 Å². The maximum atomic E-state index is 13.1. The van der Waals surface area contributed by atoms with Crippen LogP contribution in [-0.2, 0) is 10.8 Å². The van der Waals surface area contributed by atoms with Gasteiger partial charge in [-0.05, 0) is 68.8 Å². The Morgan fingerprint density at radius 3 is 2.24 bits per heavy atom. The lowest BCUT2D eigenvalue weighted by Gasteiger charge is -2.46. The summed E-state index contributed by atoms with van der Waals surface area (Å²) >= 11 is 3.46. The quantitative estimate of drug-likeness (QED) is 0.321. The van der Waals surface area contributed by atoms with Gasteiger partial charge in [0.25, 0.3) is 5.91 Å². The molecule has 1 atom stereocenters. The second kappa shape index (κ2) is 10.1. The first-order valence-electron chi connectivity index (χ1n) is 12.3. The van der Waals surface area contributed by atoms with Crippen LogP contribution in [0.25, 0.3) is 0 Å². The first-order chi connectivity index (χ1) is 17.8. The Kier molecular flexibility index (Phi) is 7.40. The molecular weight excluding hydrogens is 554 g/mol. The molecule has 1 unspecified atom stereocenters. The lowest BCUT2D eigenvalue weighted by molar-refractivity contribution is 0.0990. The number of benzene rings is 1. The summed E-state index contributed by atoms with van der Waals surface area (Å²) in [7, 11) is 4.24. The Bertz CT molecular complexity index is 1360. The van der Waals surface area contributed by atoms with Crippen molar-refractivity contribution in [3.8, 4) is 29.5 Å². The molecule has 10 heteroatoms. The minimum Gasteiger partial charge on any atom is -0.479 e. The van der Waals surface area contributed by atoms with Gasteiger partial charge in [-0.25, -0.2) is 0 Å². The Balaban J connectivity index is 1.64. The lowest BCUT2D eigenvalue weighted by atomic mass is 9.58. The van der Waals surface area contributed by atoms with Crippen LogP contribution in [0.5, 0.6) is 29.5 Å². The summed E-state index contributed by atoms with van der Waals surface area (Å²) in [5.41, 5.74) is 3.79. The minimum absolute atomic E-state index is 0.0000698. The molecule has 0 bridgehead atoms. The second-order valence-corrected chi connectivity index (χ2v) is 11.6. The number of carbonyl (C=O) groups excluding carboxylic acids is 1. The van der Waals surface area contributed by atoms with Gasteiger partial charge in [0.2, 0.25) is 11.8 Å². The summed E-state index contributed by atoms with van der Waals surface area (Å²) in [5.74, 6) is 0.996. The average molecular weight is 588 g/mol. The number of amides is 1. The van der Waals surface area contributed by atoms with Crippen molar-refractivity contribution >= 4 is 27.5 Å². The number of aromatic nitrogens is 2. The number of rotatable bonds is 7. The van der Waals surface area contributed by atoms with Crippen LogP contribution in [0.15, 0.2) is 27.1 Å². The Hall–Kier alpha value is -3.27. The molecule has 0 aliphatic heterocycles. The van der Waals surface area contributed by atoms with E-state index in [-0.39, 0.29) is 46.0 Å². The Morgan fingerprint density at radius 1 is 1.03 bits per heavy atom. The second-order valence-electron chi connectivity index (χ2n) is 10.8. The maximum Gasteiger partial charge on any atom is 0.322 e. The van der Waals surface area contributed by atoms with E-state index in [1.807, 2.05) is 6.92 Å². The highest BCUT2D eigenvalue weighted by Crippen LogP contribution is 2.51. The maximum absolute atomic E-state index is 13.1. The van der Waals surface area contributed by atoms with E-state index < -0.39 is 5.91 Å². The van der Waals surface area contributed by atoms with E-state index in [2.05, 4.69) is 78.0 Å². The van der Waals surface area contributed by atoms with Gasteiger partial charge in [0.1, 0.15) is 10.2 Å². The third-order valence-corrected chi connectivity index (χ3v) is 8.05. The number of halogens is 1. The van der Waals surface area contributed by atoms with Crippen LogP contribution in [0.1, 0.15) is 68.3 Å². The zero-order valence-corrected chi connectivity index (χ0v) is 24.8. The number of anilines is 1. The molecule has 1 amide bonds. The van der Waals surface area contributed by atoms with Crippen molar-refractivity contribution in [2.75, 3.05) is 26.6 Å². The molecule has 1 aliphatic rings. The van der Waals surface area contributed by atoms with Crippen molar-refractivity contribution in [3.63, 3.8) is 0 Å². The van der Waals surface area contributed by atoms with Crippen molar-refractivity contribution < 1.29 is 28.2 Å². The standard InChI is InChI=1S/C28H34BrN3O6/c1-14-10-17-16(27(3,4)13-15(2)28(17,5)6)11-19(14)37-25-18(29)12-20(38-25)22(33)30-21-23(34-7)31-26(36-9)32-24(21)35-8/h10-12,15H,13H2,1-9H3,(H,30,33). The zero-order valence-electron chi connectivity index (χ0n) is 23.2. The summed E-state index contributed by atoms with van der Waals surface area (Å²) < 4.78 is 28.2. The van der Waals surface area contributed by atoms with Crippen molar-refractivity contribution in [2.45, 2.75) is 58.8 Å². The lowest BCUT2D eigenvalue weighted by Crippen LogP contribution is -2.40. The van der Waals surface area contributed by atoms with Gasteiger partial charge in [0, 0.05) is 6.07 Å². The zero-order chi connectivity index (χ0) is 28.0. The third-order valence-electron chi connectivity index (χ3n) is 7.50. The number of furan rings is 1. The average Bonchev–Trinajstić information content (AvgIpc) is 3.23. The predicted octanol–water partition coefficient (Wildman–Crippen LogP) is 6.81. The van der Waals surface area contributed by atoms with Crippen LogP contribution in [0, 0.1) is 12.8 Å². The summed E-state index contributed by atoms with van der Waals surface area (Å²) in [6, 6.07) is 5.90. The molecule has 204 valence electrons. The summed E-state index contributed by atoms with van der Waals surface area (Å²) in [4.78, 5) is 21.3. The van der Waals surface area contributed by atoms with Crippen LogP contribution >= 0.6 is 15.9 Å². The van der Waals surface area contributed by atoms with Crippen molar-refractivity contribution in [3.05, 3.63) is 45.1 Å². The van der Waals surface area contributed by atoms with Gasteiger partial charge in [-0.1, -0.05) is 40.7 Å². The van der Waals surface area contributed by atoms with Gasteiger partial charge in [0.15, 0.2) is 11.4 Å². The third kappa shape index (κ3) is 4.93. The molecule has 1 N–H and O–H groups in total. The van der Waals surface area contributed by atoms with E-state index in [4.69, 9.17) is 23.4 Å². The molecule has 9 nitrogen and oxygen atoms in total. The largest absolute Gasteiger partial charge is 0.479 e. The number of nitrogens with zero attached hydrogens (tertiary/aromatic N) is 2. The number of fused-ring (bicyclic) bond motifs is 1. The minimum atomic E-state index is -0.565. The van der Waals surface area contributed by atoms with Crippen LogP contribution in [0.4, 0.5) is 5.69 Å². The number of methoxy groups -OCH3 is 3. The molecular formula is C28H34BrN3O6. The molecule has 0 saturated carbocycles. The van der Waals surface area contributed by atoms with E-state index in [9.17, 15) is 4.79 Å². The summed E-state index contributed by atoms with van der Waals surface area (Å²) in [6.07, 6.45) is 1.08. The van der Waals surface area contributed by atoms with E-state index in [0.29, 0.717) is 16.1 Å². The van der Waals surface area contributed by atoms with Gasteiger partial charge < -0.3 is 28.7 Å². The van der Waals surface area contributed by atoms with Crippen LogP contribution < -0.4 is 24.3 Å². The van der Waals surface area contributed by atoms with Gasteiger partial charge in [0.05, 0.1) is 21.3 Å². The van der Waals surface area contributed by atoms with E-state index in [1.165, 1.54) is 38.5 Å². The SMILES string of the molecule is COc1nc(OC)c(NC(=O)c2cc(Br)c(Oc3cc4c(cc3C)C(C)(C)C(C)CC4(C)C)o2)c(OC)n1. The fraction of sp³-hybridized carbons (Fsp3) is 0.464. The topological polar surface area (TPSA) is 105 Å². The molecule has 0 spiro atoms. The Labute approximate surface area is 231 Å². The van der Waals surface area contributed by atoms with Gasteiger partial charge in [-0.2, -0.15) is 9.97 Å². The van der Waals surface area contributed by atoms with Crippen LogP contribution in [0.2, 0.25) is 0 Å². The number of aryl methyl sites for hydroxylation is 1. The number of hydrogen-bond acceptors (Lipinski definition) is 8. The highest BCUT2D eigenvalue weighted by atomic mass is 79.9. The van der Waals surface area contributed by atoms with Crippen LogP contribution in [0.3, 0.4) is 0 Å². The smallest absolute Gasteiger partial charge is 0.322 e. The molecule has 2 aromatic heterocycles. The number of carbonyl (C=O) groups is 1. The summed E-state index contributed by atoms with van der Waals surface area (Å²) in [6.45, 7) is 13.5. The predicted molar refractivity (Wildman–Crippen MR) is 147 cm³/mol. The number of nitrogens with one attached hydrogen (secondary N) is 1. The van der Waals surface area contributed by atoms with Crippen molar-refractivity contribution in [1.29, 1.82) is 0 Å². The molecule has 0 fully saturated rings. The highest BCUT2D eigenvalue weighted by Gasteiger charge is 2.42. The molecule has 3 aromatic rings. The summed E-state index contributed by atoms with van der Waals surface area (Å²) in [5, 5.41) is 2.69. The number of hydrogen-bond donors (Lipinski definition) is 1. The number of ether oxygens (including phenoxy) is 4. The van der Waals surface area contributed by atoms with Crippen LogP contribution in [-0.4, -0.2) is 37.2 Å². The first kappa shape index (κ1) is 27.8. The highest BCUT2D eigenvalue weighted by molar-refractivity contribution is 9.10. The molecule has 2 heterocycles. The van der Waals surface area contributed by atoms with Gasteiger partial charge in [-0.3, -0.25) is 4.79 Å². The van der Waals surface area contributed by atoms with E-state index >= 15 is 0 Å². The molecule has 0 radical (unpaired) electrons. The molecule has 4 rings (SSSR count). The molecule has 1 aromatic carbocycles. The van der Waals surface area contributed by atoms with Crippen molar-refractivity contribution in [1.82, 2.24) is 9.97 Å². The first-order valence-corrected chi connectivity index (χ1v) is 13.1. The van der Waals surface area contributed by atoms with E-state index in [1.54, 1.807) is 0 Å². The molecule has 38 heavy (non-hydrogen) atoms. The van der Waals surface area contributed by atoms with Gasteiger partial charge >= 0.3 is 12.0 Å². The van der Waals surface area contributed by atoms with Crippen molar-refractivity contribution in [2.24, 2.45) is 5.92 Å². The monoisotopic (exact) mass is 587 g/mol. The normalized spacial score (nSPS) is 17.4. The molecule has 1 aliphatic carbocycles. The van der Waals surface area contributed by atoms with Gasteiger partial charge in [-0.15, -0.1) is 0 Å². The Morgan fingerprint density at radius 2 is 1.66 bits per heavy atom. The molecule has 0 saturated heterocycles.